The molecule has 0 bridgehead atoms. The third-order valence-corrected chi connectivity index (χ3v) is 3.82. The Kier molecular flexibility index (Phi) is 5.82. The minimum absolute atomic E-state index is 0.117. The summed E-state index contributed by atoms with van der Waals surface area (Å²) >= 11 is 3.42. The van der Waals surface area contributed by atoms with Gasteiger partial charge in [-0.15, -0.1) is 0 Å². The molecule has 5 heteroatoms. The normalized spacial score (nSPS) is 10.6. The first-order chi connectivity index (χ1) is 11.0. The van der Waals surface area contributed by atoms with Crippen molar-refractivity contribution in [2.24, 2.45) is 0 Å². The second-order valence-corrected chi connectivity index (χ2v) is 5.79. The SMILES string of the molecule is COc1ccc(C(=O)C=CNc2ccc(Br)cc2C)cc1OC. The number of halogens is 1. The summed E-state index contributed by atoms with van der Waals surface area (Å²) in [6, 6.07) is 11.0. The summed E-state index contributed by atoms with van der Waals surface area (Å²) in [4.78, 5) is 12.2. The molecular formula is C18H18BrNO3. The largest absolute Gasteiger partial charge is 0.493 e. The molecule has 0 heterocycles. The van der Waals surface area contributed by atoms with Crippen LogP contribution < -0.4 is 14.8 Å². The number of carbonyl (C=O) groups is 1. The van der Waals surface area contributed by atoms with E-state index in [0.29, 0.717) is 17.1 Å². The molecule has 0 radical (unpaired) electrons. The zero-order chi connectivity index (χ0) is 16.8. The lowest BCUT2D eigenvalue weighted by Crippen LogP contribution is -1.99. The number of benzene rings is 2. The molecule has 0 aliphatic rings. The highest BCUT2D eigenvalue weighted by molar-refractivity contribution is 9.10. The summed E-state index contributed by atoms with van der Waals surface area (Å²) in [7, 11) is 3.10. The van der Waals surface area contributed by atoms with Gasteiger partial charge in [0.25, 0.3) is 0 Å². The van der Waals surface area contributed by atoms with Crippen molar-refractivity contribution in [1.29, 1.82) is 0 Å². The van der Waals surface area contributed by atoms with E-state index < -0.39 is 0 Å². The topological polar surface area (TPSA) is 47.6 Å². The number of rotatable bonds is 6. The number of hydrogen-bond donors (Lipinski definition) is 1. The smallest absolute Gasteiger partial charge is 0.187 e. The fourth-order valence-electron chi connectivity index (χ4n) is 2.08. The Labute approximate surface area is 144 Å². The Balaban J connectivity index is 2.09. The van der Waals surface area contributed by atoms with Crippen LogP contribution in [-0.2, 0) is 0 Å². The van der Waals surface area contributed by atoms with E-state index in [-0.39, 0.29) is 5.78 Å². The van der Waals surface area contributed by atoms with Gasteiger partial charge < -0.3 is 14.8 Å². The van der Waals surface area contributed by atoms with E-state index in [4.69, 9.17) is 9.47 Å². The highest BCUT2D eigenvalue weighted by atomic mass is 79.9. The quantitative estimate of drug-likeness (QED) is 0.592. The lowest BCUT2D eigenvalue weighted by atomic mass is 10.1. The van der Waals surface area contributed by atoms with Crippen LogP contribution in [0.2, 0.25) is 0 Å². The molecule has 0 aliphatic heterocycles. The maximum Gasteiger partial charge on any atom is 0.187 e. The van der Waals surface area contributed by atoms with Crippen LogP contribution in [0.5, 0.6) is 11.5 Å². The predicted octanol–water partition coefficient (Wildman–Crippen LogP) is 4.58. The van der Waals surface area contributed by atoms with E-state index in [1.807, 2.05) is 25.1 Å². The molecule has 0 atom stereocenters. The van der Waals surface area contributed by atoms with Gasteiger partial charge in [-0.25, -0.2) is 0 Å². The van der Waals surface area contributed by atoms with Crippen molar-refractivity contribution in [2.75, 3.05) is 19.5 Å². The lowest BCUT2D eigenvalue weighted by Gasteiger charge is -2.08. The molecule has 2 aromatic carbocycles. The lowest BCUT2D eigenvalue weighted by molar-refractivity contribution is 0.104. The van der Waals surface area contributed by atoms with Gasteiger partial charge in [-0.2, -0.15) is 0 Å². The number of allylic oxidation sites excluding steroid dienone is 1. The van der Waals surface area contributed by atoms with Gasteiger partial charge in [-0.05, 0) is 48.9 Å². The zero-order valence-electron chi connectivity index (χ0n) is 13.2. The van der Waals surface area contributed by atoms with E-state index in [0.717, 1.165) is 15.7 Å². The standard InChI is InChI=1S/C18H18BrNO3/c1-12-10-14(19)5-6-15(12)20-9-8-16(21)13-4-7-17(22-2)18(11-13)23-3/h4-11,20H,1-3H3. The summed E-state index contributed by atoms with van der Waals surface area (Å²) in [6.45, 7) is 2.00. The van der Waals surface area contributed by atoms with Gasteiger partial charge in [0.15, 0.2) is 17.3 Å². The Bertz CT molecular complexity index is 741. The van der Waals surface area contributed by atoms with Crippen LogP contribution in [0.3, 0.4) is 0 Å². The average Bonchev–Trinajstić information content (AvgIpc) is 2.56. The number of carbonyl (C=O) groups excluding carboxylic acids is 1. The molecule has 0 saturated carbocycles. The molecule has 1 N–H and O–H groups in total. The molecule has 0 fully saturated rings. The Morgan fingerprint density at radius 2 is 1.83 bits per heavy atom. The van der Waals surface area contributed by atoms with Crippen LogP contribution >= 0.6 is 15.9 Å². The van der Waals surface area contributed by atoms with Crippen LogP contribution in [0.1, 0.15) is 15.9 Å². The summed E-state index contributed by atoms with van der Waals surface area (Å²) in [6.07, 6.45) is 3.12. The van der Waals surface area contributed by atoms with E-state index >= 15 is 0 Å². The maximum atomic E-state index is 12.2. The van der Waals surface area contributed by atoms with Crippen LogP contribution in [0.4, 0.5) is 5.69 Å². The Morgan fingerprint density at radius 3 is 2.48 bits per heavy atom. The highest BCUT2D eigenvalue weighted by Crippen LogP contribution is 2.27. The first-order valence-electron chi connectivity index (χ1n) is 7.00. The second kappa shape index (κ2) is 7.83. The molecule has 0 spiro atoms. The fraction of sp³-hybridized carbons (Fsp3) is 0.167. The van der Waals surface area contributed by atoms with Gasteiger partial charge in [0.2, 0.25) is 0 Å². The molecule has 0 aliphatic carbocycles. The molecule has 120 valence electrons. The number of hydrogen-bond acceptors (Lipinski definition) is 4. The number of anilines is 1. The molecule has 2 aromatic rings. The molecule has 0 aromatic heterocycles. The monoisotopic (exact) mass is 375 g/mol. The van der Waals surface area contributed by atoms with Crippen LogP contribution in [0.15, 0.2) is 53.1 Å². The van der Waals surface area contributed by atoms with Crippen molar-refractivity contribution in [1.82, 2.24) is 0 Å². The molecule has 0 saturated heterocycles. The zero-order valence-corrected chi connectivity index (χ0v) is 14.8. The number of aryl methyl sites for hydroxylation is 1. The van der Waals surface area contributed by atoms with Gasteiger partial charge in [-0.3, -0.25) is 4.79 Å². The highest BCUT2D eigenvalue weighted by Gasteiger charge is 2.08. The summed E-state index contributed by atoms with van der Waals surface area (Å²) in [5, 5.41) is 3.11. The number of ketones is 1. The third-order valence-electron chi connectivity index (χ3n) is 3.33. The number of ether oxygens (including phenoxy) is 2. The van der Waals surface area contributed by atoms with Gasteiger partial charge in [0.1, 0.15) is 0 Å². The molecule has 0 amide bonds. The van der Waals surface area contributed by atoms with E-state index in [1.165, 1.54) is 6.08 Å². The minimum atomic E-state index is -0.117. The molecular weight excluding hydrogens is 358 g/mol. The molecule has 0 unspecified atom stereocenters. The van der Waals surface area contributed by atoms with Gasteiger partial charge in [-0.1, -0.05) is 15.9 Å². The van der Waals surface area contributed by atoms with Gasteiger partial charge >= 0.3 is 0 Å². The number of methoxy groups -OCH3 is 2. The Hall–Kier alpha value is -2.27. The summed E-state index contributed by atoms with van der Waals surface area (Å²) in [5.41, 5.74) is 2.57. The maximum absolute atomic E-state index is 12.2. The average molecular weight is 376 g/mol. The van der Waals surface area contributed by atoms with Crippen LogP contribution in [0.25, 0.3) is 0 Å². The van der Waals surface area contributed by atoms with E-state index in [2.05, 4.69) is 21.2 Å². The third kappa shape index (κ3) is 4.36. The first kappa shape index (κ1) is 17.1. The Morgan fingerprint density at radius 1 is 1.09 bits per heavy atom. The summed E-state index contributed by atoms with van der Waals surface area (Å²) < 4.78 is 11.4. The van der Waals surface area contributed by atoms with Crippen molar-refractivity contribution in [2.45, 2.75) is 6.92 Å². The van der Waals surface area contributed by atoms with Gasteiger partial charge in [0.05, 0.1) is 14.2 Å². The van der Waals surface area contributed by atoms with Crippen molar-refractivity contribution < 1.29 is 14.3 Å². The van der Waals surface area contributed by atoms with Gasteiger partial charge in [0, 0.05) is 28.0 Å². The summed E-state index contributed by atoms with van der Waals surface area (Å²) in [5.74, 6) is 1.01. The van der Waals surface area contributed by atoms with Crippen molar-refractivity contribution in [3.05, 3.63) is 64.3 Å². The fourth-order valence-corrected chi connectivity index (χ4v) is 2.56. The van der Waals surface area contributed by atoms with Crippen molar-refractivity contribution >= 4 is 27.4 Å². The van der Waals surface area contributed by atoms with E-state index in [9.17, 15) is 4.79 Å². The molecule has 4 nitrogen and oxygen atoms in total. The second-order valence-electron chi connectivity index (χ2n) is 4.87. The van der Waals surface area contributed by atoms with E-state index in [1.54, 1.807) is 38.6 Å². The predicted molar refractivity (Wildman–Crippen MR) is 95.5 cm³/mol. The van der Waals surface area contributed by atoms with Crippen LogP contribution in [-0.4, -0.2) is 20.0 Å². The van der Waals surface area contributed by atoms with Crippen LogP contribution in [0, 0.1) is 6.92 Å². The minimum Gasteiger partial charge on any atom is -0.493 e. The number of nitrogens with one attached hydrogen (secondary N) is 1. The van der Waals surface area contributed by atoms with Crippen molar-refractivity contribution in [3.63, 3.8) is 0 Å². The molecule has 23 heavy (non-hydrogen) atoms. The first-order valence-corrected chi connectivity index (χ1v) is 7.80. The molecule has 2 rings (SSSR count). The van der Waals surface area contributed by atoms with Crippen molar-refractivity contribution in [3.8, 4) is 11.5 Å².